The first-order valence-electron chi connectivity index (χ1n) is 10.7. The quantitative estimate of drug-likeness (QED) is 0.295. The van der Waals surface area contributed by atoms with E-state index in [2.05, 4.69) is 18.3 Å². The van der Waals surface area contributed by atoms with Gasteiger partial charge in [0.2, 0.25) is 5.91 Å². The van der Waals surface area contributed by atoms with Crippen LogP contribution in [0.25, 0.3) is 17.0 Å². The van der Waals surface area contributed by atoms with Crippen molar-refractivity contribution in [3.63, 3.8) is 0 Å². The Morgan fingerprint density at radius 1 is 1.18 bits per heavy atom. The average Bonchev–Trinajstić information content (AvgIpc) is 3.30. The molecule has 0 bridgehead atoms. The van der Waals surface area contributed by atoms with Gasteiger partial charge < -0.3 is 14.6 Å². The lowest BCUT2D eigenvalue weighted by Gasteiger charge is -2.13. The van der Waals surface area contributed by atoms with Gasteiger partial charge in [0.05, 0.1) is 22.7 Å². The van der Waals surface area contributed by atoms with Gasteiger partial charge in [0.15, 0.2) is 4.32 Å². The van der Waals surface area contributed by atoms with E-state index in [1.165, 1.54) is 11.8 Å². The van der Waals surface area contributed by atoms with Crippen molar-refractivity contribution in [1.82, 2.24) is 9.88 Å². The Labute approximate surface area is 202 Å². The fourth-order valence-electron chi connectivity index (χ4n) is 3.90. The highest BCUT2D eigenvalue weighted by atomic mass is 32.2. The smallest absolute Gasteiger partial charge is 0.270 e. The Balaban J connectivity index is 1.70. The summed E-state index contributed by atoms with van der Waals surface area (Å²) < 4.78 is 7.47. The number of hydrogen-bond acceptors (Lipinski definition) is 5. The number of methoxy groups -OCH3 is 1. The predicted octanol–water partition coefficient (Wildman–Crippen LogP) is 4.37. The fraction of sp³-hybridized carbons (Fsp3) is 0.240. The molecule has 6 nitrogen and oxygen atoms in total. The molecular formula is C25H25N3O3S2. The van der Waals surface area contributed by atoms with E-state index in [0.717, 1.165) is 34.1 Å². The molecule has 1 aromatic heterocycles. The lowest BCUT2D eigenvalue weighted by Crippen LogP contribution is -2.30. The molecule has 1 fully saturated rings. The van der Waals surface area contributed by atoms with Crippen LogP contribution in [-0.4, -0.2) is 41.0 Å². The number of aromatic nitrogens is 1. The van der Waals surface area contributed by atoms with E-state index in [1.54, 1.807) is 12.0 Å². The first kappa shape index (κ1) is 23.2. The summed E-state index contributed by atoms with van der Waals surface area (Å²) in [5.41, 5.74) is 3.80. The van der Waals surface area contributed by atoms with Gasteiger partial charge >= 0.3 is 0 Å². The second-order valence-corrected chi connectivity index (χ2v) is 9.25. The van der Waals surface area contributed by atoms with Crippen LogP contribution in [0.15, 0.2) is 59.6 Å². The highest BCUT2D eigenvalue weighted by molar-refractivity contribution is 8.27. The minimum atomic E-state index is -0.138. The maximum atomic E-state index is 13.2. The van der Waals surface area contributed by atoms with Crippen molar-refractivity contribution in [1.29, 1.82) is 0 Å². The topological polar surface area (TPSA) is 63.6 Å². The number of fused-ring (bicyclic) bond motifs is 1. The van der Waals surface area contributed by atoms with Gasteiger partial charge in [-0.05, 0) is 30.2 Å². The summed E-state index contributed by atoms with van der Waals surface area (Å²) in [4.78, 5) is 27.8. The standard InChI is InChI=1S/C25H25N3O3S2/c1-3-17-8-7-11-20-18(15-27(23(17)20)16-22(29)26-12-13-31-2)14-21-24(30)28(25(32)33-21)19-9-5-4-6-10-19/h4-11,14-15H,3,12-13,16H2,1-2H3,(H,26,29)/b21-14-. The van der Waals surface area contributed by atoms with E-state index in [4.69, 9.17) is 17.0 Å². The molecule has 1 N–H and O–H groups in total. The molecule has 0 aliphatic carbocycles. The van der Waals surface area contributed by atoms with Crippen molar-refractivity contribution in [3.8, 4) is 0 Å². The van der Waals surface area contributed by atoms with E-state index < -0.39 is 0 Å². The van der Waals surface area contributed by atoms with E-state index in [9.17, 15) is 9.59 Å². The summed E-state index contributed by atoms with van der Waals surface area (Å²) in [5, 5.41) is 3.87. The number of para-hydroxylation sites is 2. The number of hydrogen-bond donors (Lipinski definition) is 1. The number of anilines is 1. The minimum absolute atomic E-state index is 0.0863. The molecule has 8 heteroatoms. The number of benzene rings is 2. The molecule has 2 aromatic carbocycles. The van der Waals surface area contributed by atoms with Crippen LogP contribution >= 0.6 is 24.0 Å². The van der Waals surface area contributed by atoms with Gasteiger partial charge in [-0.1, -0.05) is 67.3 Å². The lowest BCUT2D eigenvalue weighted by atomic mass is 10.1. The van der Waals surface area contributed by atoms with Crippen molar-refractivity contribution in [3.05, 3.63) is 70.8 Å². The van der Waals surface area contributed by atoms with Gasteiger partial charge in [0.1, 0.15) is 6.54 Å². The summed E-state index contributed by atoms with van der Waals surface area (Å²) in [6.45, 7) is 3.21. The number of aryl methyl sites for hydroxylation is 1. The Morgan fingerprint density at radius 2 is 1.97 bits per heavy atom. The second-order valence-electron chi connectivity index (χ2n) is 7.57. The molecule has 0 atom stereocenters. The Morgan fingerprint density at radius 3 is 2.70 bits per heavy atom. The van der Waals surface area contributed by atoms with E-state index in [-0.39, 0.29) is 18.4 Å². The highest BCUT2D eigenvalue weighted by Gasteiger charge is 2.33. The molecule has 1 aliphatic rings. The maximum Gasteiger partial charge on any atom is 0.270 e. The summed E-state index contributed by atoms with van der Waals surface area (Å²) in [6.07, 6.45) is 4.65. The van der Waals surface area contributed by atoms with Gasteiger partial charge in [0, 0.05) is 30.8 Å². The molecular weight excluding hydrogens is 454 g/mol. The molecule has 3 aromatic rings. The third-order valence-corrected chi connectivity index (χ3v) is 6.73. The number of thioether (sulfide) groups is 1. The fourth-order valence-corrected chi connectivity index (χ4v) is 5.19. The molecule has 1 aliphatic heterocycles. The Bertz CT molecular complexity index is 1230. The van der Waals surface area contributed by atoms with E-state index in [1.807, 2.05) is 59.3 Å². The summed E-state index contributed by atoms with van der Waals surface area (Å²) >= 11 is 6.79. The minimum Gasteiger partial charge on any atom is -0.383 e. The molecule has 0 unspecified atom stereocenters. The molecule has 170 valence electrons. The zero-order valence-corrected chi connectivity index (χ0v) is 20.2. The number of rotatable bonds is 8. The van der Waals surface area contributed by atoms with Crippen LogP contribution in [-0.2, 0) is 27.3 Å². The van der Waals surface area contributed by atoms with E-state index >= 15 is 0 Å². The SMILES string of the molecule is CCc1cccc2c(/C=C3\SC(=S)N(c4ccccc4)C3=O)cn(CC(=O)NCCOC)c12. The molecule has 2 heterocycles. The Hall–Kier alpha value is -2.94. The van der Waals surface area contributed by atoms with Crippen molar-refractivity contribution in [2.45, 2.75) is 19.9 Å². The summed E-state index contributed by atoms with van der Waals surface area (Å²) in [5.74, 6) is -0.224. The second kappa shape index (κ2) is 10.3. The van der Waals surface area contributed by atoms with Crippen LogP contribution in [0.5, 0.6) is 0 Å². The van der Waals surface area contributed by atoms with Gasteiger partial charge in [-0.25, -0.2) is 0 Å². The molecule has 1 saturated heterocycles. The predicted molar refractivity (Wildman–Crippen MR) is 138 cm³/mol. The molecule has 33 heavy (non-hydrogen) atoms. The Kier molecular flexibility index (Phi) is 7.27. The first-order chi connectivity index (χ1) is 16.0. The molecule has 4 rings (SSSR count). The number of nitrogens with zero attached hydrogens (tertiary/aromatic N) is 2. The number of carbonyl (C=O) groups is 2. The lowest BCUT2D eigenvalue weighted by molar-refractivity contribution is -0.121. The monoisotopic (exact) mass is 479 g/mol. The molecule has 2 amide bonds. The van der Waals surface area contributed by atoms with Gasteiger partial charge in [-0.2, -0.15) is 0 Å². The summed E-state index contributed by atoms with van der Waals surface area (Å²) in [6, 6.07) is 15.5. The van der Waals surface area contributed by atoms with Crippen molar-refractivity contribution < 1.29 is 14.3 Å². The average molecular weight is 480 g/mol. The van der Waals surface area contributed by atoms with Gasteiger partial charge in [0.25, 0.3) is 5.91 Å². The van der Waals surface area contributed by atoms with Crippen LogP contribution in [0.1, 0.15) is 18.1 Å². The zero-order valence-electron chi connectivity index (χ0n) is 18.5. The summed E-state index contributed by atoms with van der Waals surface area (Å²) in [7, 11) is 1.60. The van der Waals surface area contributed by atoms with E-state index in [0.29, 0.717) is 22.4 Å². The zero-order chi connectivity index (χ0) is 23.4. The molecule has 0 radical (unpaired) electrons. The van der Waals surface area contributed by atoms with Crippen LogP contribution in [0.3, 0.4) is 0 Å². The van der Waals surface area contributed by atoms with Crippen molar-refractivity contribution in [2.75, 3.05) is 25.2 Å². The van der Waals surface area contributed by atoms with Crippen LogP contribution in [0.4, 0.5) is 5.69 Å². The van der Waals surface area contributed by atoms with Gasteiger partial charge in [-0.15, -0.1) is 0 Å². The number of thiocarbonyl (C=S) groups is 1. The molecule has 0 saturated carbocycles. The number of carbonyl (C=O) groups excluding carboxylic acids is 2. The van der Waals surface area contributed by atoms with Crippen LogP contribution in [0.2, 0.25) is 0 Å². The molecule has 0 spiro atoms. The normalized spacial score (nSPS) is 15.1. The van der Waals surface area contributed by atoms with Crippen molar-refractivity contribution >= 4 is 62.8 Å². The van der Waals surface area contributed by atoms with Crippen LogP contribution < -0.4 is 10.2 Å². The third-order valence-electron chi connectivity index (χ3n) is 5.43. The maximum absolute atomic E-state index is 13.2. The number of amides is 2. The van der Waals surface area contributed by atoms with Gasteiger partial charge in [-0.3, -0.25) is 14.5 Å². The largest absolute Gasteiger partial charge is 0.383 e. The number of ether oxygens (including phenoxy) is 1. The van der Waals surface area contributed by atoms with Crippen LogP contribution in [0, 0.1) is 0 Å². The van der Waals surface area contributed by atoms with Crippen molar-refractivity contribution in [2.24, 2.45) is 0 Å². The number of nitrogens with one attached hydrogen (secondary N) is 1. The highest BCUT2D eigenvalue weighted by Crippen LogP contribution is 2.37. The first-order valence-corrected chi connectivity index (χ1v) is 11.9. The third kappa shape index (κ3) is 4.88.